The summed E-state index contributed by atoms with van der Waals surface area (Å²) in [5.41, 5.74) is 3.80. The Morgan fingerprint density at radius 3 is 2.38 bits per heavy atom. The van der Waals surface area contributed by atoms with Gasteiger partial charge < -0.3 is 10.1 Å². The first-order valence-corrected chi connectivity index (χ1v) is 11.2. The molecule has 0 aliphatic heterocycles. The fraction of sp³-hybridized carbons (Fsp3) is 0.346. The molecule has 3 rings (SSSR count). The van der Waals surface area contributed by atoms with Crippen LogP contribution >= 0.6 is 0 Å². The Morgan fingerprint density at radius 2 is 1.69 bits per heavy atom. The van der Waals surface area contributed by atoms with E-state index in [1.54, 1.807) is 12.1 Å². The van der Waals surface area contributed by atoms with Crippen LogP contribution in [0.2, 0.25) is 0 Å². The molecule has 0 atom stereocenters. The number of ether oxygens (including phenoxy) is 1. The van der Waals surface area contributed by atoms with Crippen molar-refractivity contribution in [1.29, 1.82) is 0 Å². The summed E-state index contributed by atoms with van der Waals surface area (Å²) in [6.45, 7) is 6.61. The second kappa shape index (κ2) is 11.3. The molecule has 32 heavy (non-hydrogen) atoms. The lowest BCUT2D eigenvalue weighted by atomic mass is 10.1. The van der Waals surface area contributed by atoms with Gasteiger partial charge in [0.05, 0.1) is 29.4 Å². The molecular weight excluding hydrogens is 402 g/mol. The van der Waals surface area contributed by atoms with Crippen LogP contribution in [0.15, 0.2) is 54.6 Å². The molecule has 0 saturated carbocycles. The minimum absolute atomic E-state index is 0.0638. The highest BCUT2D eigenvalue weighted by molar-refractivity contribution is 6.00. The van der Waals surface area contributed by atoms with Crippen LogP contribution in [0.25, 0.3) is 5.69 Å². The maximum atomic E-state index is 12.5. The number of hydrogen-bond donors (Lipinski definition) is 1. The van der Waals surface area contributed by atoms with Gasteiger partial charge in [0.15, 0.2) is 5.78 Å². The molecule has 6 nitrogen and oxygen atoms in total. The predicted molar refractivity (Wildman–Crippen MR) is 127 cm³/mol. The molecule has 0 radical (unpaired) electrons. The summed E-state index contributed by atoms with van der Waals surface area (Å²) in [6, 6.07) is 16.9. The zero-order chi connectivity index (χ0) is 22.9. The highest BCUT2D eigenvalue weighted by atomic mass is 16.5. The number of amides is 1. The van der Waals surface area contributed by atoms with Crippen LogP contribution in [-0.4, -0.2) is 28.1 Å². The summed E-state index contributed by atoms with van der Waals surface area (Å²) in [6.07, 6.45) is 3.58. The van der Waals surface area contributed by atoms with Gasteiger partial charge in [-0.3, -0.25) is 9.59 Å². The SMILES string of the molecule is CCCCCOc1ccc(C(=O)CCC(=O)Nc2c(C)nn(-c3ccccc3)c2C)cc1. The zero-order valence-corrected chi connectivity index (χ0v) is 19.1. The third-order valence-corrected chi connectivity index (χ3v) is 5.33. The van der Waals surface area contributed by atoms with E-state index in [0.717, 1.165) is 42.1 Å². The lowest BCUT2D eigenvalue weighted by molar-refractivity contribution is -0.116. The molecule has 2 aromatic carbocycles. The van der Waals surface area contributed by atoms with Crippen molar-refractivity contribution in [3.8, 4) is 11.4 Å². The average Bonchev–Trinajstić information content (AvgIpc) is 3.09. The summed E-state index contributed by atoms with van der Waals surface area (Å²) in [4.78, 5) is 25.0. The van der Waals surface area contributed by atoms with Crippen molar-refractivity contribution in [1.82, 2.24) is 9.78 Å². The molecule has 0 aliphatic rings. The quantitative estimate of drug-likeness (QED) is 0.313. The van der Waals surface area contributed by atoms with Crippen molar-refractivity contribution in [3.05, 3.63) is 71.5 Å². The number of carbonyl (C=O) groups is 2. The van der Waals surface area contributed by atoms with Crippen molar-refractivity contribution in [2.75, 3.05) is 11.9 Å². The van der Waals surface area contributed by atoms with E-state index in [-0.39, 0.29) is 24.5 Å². The van der Waals surface area contributed by atoms with Crippen molar-refractivity contribution in [2.24, 2.45) is 0 Å². The number of nitrogens with one attached hydrogen (secondary N) is 1. The molecule has 6 heteroatoms. The van der Waals surface area contributed by atoms with Crippen LogP contribution in [0.4, 0.5) is 5.69 Å². The number of nitrogens with zero attached hydrogens (tertiary/aromatic N) is 2. The van der Waals surface area contributed by atoms with Gasteiger partial charge in [0, 0.05) is 18.4 Å². The molecule has 1 N–H and O–H groups in total. The first kappa shape index (κ1) is 23.3. The van der Waals surface area contributed by atoms with Gasteiger partial charge in [-0.2, -0.15) is 5.10 Å². The van der Waals surface area contributed by atoms with E-state index < -0.39 is 0 Å². The van der Waals surface area contributed by atoms with E-state index in [1.807, 2.05) is 61.0 Å². The van der Waals surface area contributed by atoms with Crippen molar-refractivity contribution in [2.45, 2.75) is 52.9 Å². The van der Waals surface area contributed by atoms with E-state index in [4.69, 9.17) is 4.74 Å². The average molecular weight is 434 g/mol. The predicted octanol–water partition coefficient (Wildman–Crippen LogP) is 5.66. The third-order valence-electron chi connectivity index (χ3n) is 5.33. The number of unbranched alkanes of at least 4 members (excludes halogenated alkanes) is 2. The van der Waals surface area contributed by atoms with Crippen LogP contribution < -0.4 is 10.1 Å². The molecule has 0 aliphatic carbocycles. The Balaban J connectivity index is 1.53. The minimum Gasteiger partial charge on any atom is -0.494 e. The number of benzene rings is 2. The van der Waals surface area contributed by atoms with E-state index in [0.29, 0.717) is 17.9 Å². The summed E-state index contributed by atoms with van der Waals surface area (Å²) in [7, 11) is 0. The molecule has 1 amide bonds. The Bertz CT molecular complexity index is 1040. The highest BCUT2D eigenvalue weighted by Gasteiger charge is 2.16. The largest absolute Gasteiger partial charge is 0.494 e. The topological polar surface area (TPSA) is 73.2 Å². The minimum atomic E-state index is -0.201. The number of hydrogen-bond acceptors (Lipinski definition) is 4. The summed E-state index contributed by atoms with van der Waals surface area (Å²) in [5, 5.41) is 7.46. The smallest absolute Gasteiger partial charge is 0.224 e. The lowest BCUT2D eigenvalue weighted by Crippen LogP contribution is -2.14. The number of para-hydroxylation sites is 1. The maximum Gasteiger partial charge on any atom is 0.224 e. The van der Waals surface area contributed by atoms with Crippen molar-refractivity contribution < 1.29 is 14.3 Å². The number of aromatic nitrogens is 2. The highest BCUT2D eigenvalue weighted by Crippen LogP contribution is 2.23. The van der Waals surface area contributed by atoms with E-state index >= 15 is 0 Å². The lowest BCUT2D eigenvalue weighted by Gasteiger charge is -2.08. The van der Waals surface area contributed by atoms with Crippen LogP contribution in [-0.2, 0) is 4.79 Å². The fourth-order valence-corrected chi connectivity index (χ4v) is 3.50. The standard InChI is InChI=1S/C26H31N3O3/c1-4-5-9-18-32-23-14-12-21(13-15-23)24(30)16-17-25(31)27-26-19(2)28-29(20(26)3)22-10-7-6-8-11-22/h6-8,10-15H,4-5,9,16-18H2,1-3H3,(H,27,31). The van der Waals surface area contributed by atoms with E-state index in [2.05, 4.69) is 17.3 Å². The number of rotatable bonds is 11. The van der Waals surface area contributed by atoms with Crippen molar-refractivity contribution >= 4 is 17.4 Å². The van der Waals surface area contributed by atoms with Gasteiger partial charge in [0.2, 0.25) is 5.91 Å². The molecule has 0 spiro atoms. The van der Waals surface area contributed by atoms with Gasteiger partial charge in [-0.1, -0.05) is 38.0 Å². The third kappa shape index (κ3) is 6.06. The Labute approximate surface area is 189 Å². The molecule has 0 fully saturated rings. The number of anilines is 1. The van der Waals surface area contributed by atoms with Gasteiger partial charge in [0.1, 0.15) is 5.75 Å². The molecule has 168 valence electrons. The van der Waals surface area contributed by atoms with Crippen LogP contribution in [0.5, 0.6) is 5.75 Å². The van der Waals surface area contributed by atoms with Gasteiger partial charge in [-0.05, 0) is 56.7 Å². The molecule has 0 bridgehead atoms. The molecule has 3 aromatic rings. The summed E-state index contributed by atoms with van der Waals surface area (Å²) >= 11 is 0. The van der Waals surface area contributed by atoms with Gasteiger partial charge in [0.25, 0.3) is 0 Å². The van der Waals surface area contributed by atoms with Gasteiger partial charge >= 0.3 is 0 Å². The zero-order valence-electron chi connectivity index (χ0n) is 19.1. The Kier molecular flexibility index (Phi) is 8.20. The molecule has 1 heterocycles. The number of Topliss-reactive ketones (excluding diaryl/α,β-unsaturated/α-hetero) is 1. The number of aryl methyl sites for hydroxylation is 1. The van der Waals surface area contributed by atoms with Crippen molar-refractivity contribution in [3.63, 3.8) is 0 Å². The maximum absolute atomic E-state index is 12.5. The van der Waals surface area contributed by atoms with E-state index in [9.17, 15) is 9.59 Å². The van der Waals surface area contributed by atoms with Crippen LogP contribution in [0.1, 0.15) is 60.8 Å². The number of ketones is 1. The Hall–Kier alpha value is -3.41. The molecule has 0 saturated heterocycles. The molecule has 1 aromatic heterocycles. The fourth-order valence-electron chi connectivity index (χ4n) is 3.50. The first-order valence-electron chi connectivity index (χ1n) is 11.2. The van der Waals surface area contributed by atoms with Crippen LogP contribution in [0, 0.1) is 13.8 Å². The van der Waals surface area contributed by atoms with E-state index in [1.165, 1.54) is 0 Å². The van der Waals surface area contributed by atoms with Gasteiger partial charge in [-0.25, -0.2) is 4.68 Å². The monoisotopic (exact) mass is 433 g/mol. The Morgan fingerprint density at radius 1 is 0.969 bits per heavy atom. The first-order chi connectivity index (χ1) is 15.5. The summed E-state index contributed by atoms with van der Waals surface area (Å²) in [5.74, 6) is 0.496. The number of carbonyl (C=O) groups excluding carboxylic acids is 2. The second-order valence-electron chi connectivity index (χ2n) is 7.84. The molecule has 0 unspecified atom stereocenters. The normalized spacial score (nSPS) is 10.7. The van der Waals surface area contributed by atoms with Gasteiger partial charge in [-0.15, -0.1) is 0 Å². The van der Waals surface area contributed by atoms with Crippen LogP contribution in [0.3, 0.4) is 0 Å². The molecular formula is C26H31N3O3. The summed E-state index contributed by atoms with van der Waals surface area (Å²) < 4.78 is 7.49. The second-order valence-corrected chi connectivity index (χ2v) is 7.84.